The molecule has 0 saturated heterocycles. The van der Waals surface area contributed by atoms with E-state index in [1.807, 2.05) is 235 Å². The Morgan fingerprint density at radius 1 is 0.330 bits per heavy atom. The summed E-state index contributed by atoms with van der Waals surface area (Å²) < 4.78 is 33.6. The zero-order chi connectivity index (χ0) is 71.4. The highest BCUT2D eigenvalue weighted by Crippen LogP contribution is 2.41. The molecule has 5 atom stereocenters. The molecule has 106 heavy (non-hydrogen) atoms. The van der Waals surface area contributed by atoms with Gasteiger partial charge in [0.1, 0.15) is 36.3 Å². The maximum absolute atomic E-state index is 12.5. The monoisotopic (exact) mass is 1480 g/mol. The molecule has 0 aliphatic heterocycles. The number of hydrogen-bond donors (Lipinski definition) is 0. The quantitative estimate of drug-likeness (QED) is 0.0447. The molecule has 606 valence electrons. The number of carbonyl (C=O) groups excluding carboxylic acids is 5. The Morgan fingerprint density at radius 3 is 0.906 bits per heavy atom. The molecular weight excluding hydrogens is 1320 g/mol. The lowest BCUT2D eigenvalue weighted by atomic mass is 9.82. The van der Waals surface area contributed by atoms with Crippen LogP contribution in [0.4, 0.5) is 0 Å². The van der Waals surface area contributed by atoms with Gasteiger partial charge in [-0.1, -0.05) is 280 Å². The topological polar surface area (TPSA) is 141 Å². The van der Waals surface area contributed by atoms with Crippen LogP contribution in [-0.2, 0) is 47.7 Å². The van der Waals surface area contributed by atoms with Gasteiger partial charge in [0.15, 0.2) is 0 Å². The lowest BCUT2D eigenvalue weighted by Gasteiger charge is -2.33. The van der Waals surface area contributed by atoms with Crippen molar-refractivity contribution in [2.75, 3.05) is 7.11 Å². The van der Waals surface area contributed by atoms with Crippen LogP contribution >= 0.6 is 0 Å². The van der Waals surface area contributed by atoms with Gasteiger partial charge in [0.2, 0.25) is 0 Å². The highest BCUT2D eigenvalue weighted by Gasteiger charge is 2.37. The van der Waals surface area contributed by atoms with Gasteiger partial charge in [-0.25, -0.2) is 0 Å². The first kappa shape index (κ1) is 112. The fraction of sp³-hybridized carbons (Fsp3) is 0.589. The van der Waals surface area contributed by atoms with Crippen LogP contribution in [0.1, 0.15) is 353 Å². The Hall–Kier alpha value is -7.27. The van der Waals surface area contributed by atoms with Gasteiger partial charge >= 0.3 is 29.8 Å². The summed E-state index contributed by atoms with van der Waals surface area (Å²) in [5.74, 6) is 1.19. The number of fused-ring (bicyclic) bond motifs is 1. The van der Waals surface area contributed by atoms with Gasteiger partial charge in [0.25, 0.3) is 0 Å². The first-order valence-electron chi connectivity index (χ1n) is 35.6. The summed E-state index contributed by atoms with van der Waals surface area (Å²) in [5, 5.41) is 2.37. The summed E-state index contributed by atoms with van der Waals surface area (Å²) in [6, 6.07) is 50.5. The summed E-state index contributed by atoms with van der Waals surface area (Å²) in [7, 11) is 1.63. The second-order valence-electron chi connectivity index (χ2n) is 29.5. The molecule has 2 aliphatic carbocycles. The van der Waals surface area contributed by atoms with Crippen LogP contribution in [0.3, 0.4) is 0 Å². The highest BCUT2D eigenvalue weighted by atomic mass is 16.6. The molecule has 2 fully saturated rings. The van der Waals surface area contributed by atoms with E-state index in [0.29, 0.717) is 11.8 Å². The smallest absolute Gasteiger partial charge is 0.312 e. The summed E-state index contributed by atoms with van der Waals surface area (Å²) >= 11 is 0. The van der Waals surface area contributed by atoms with Crippen molar-refractivity contribution >= 4 is 40.6 Å². The molecule has 6 aromatic carbocycles. The van der Waals surface area contributed by atoms with E-state index >= 15 is 0 Å². The van der Waals surface area contributed by atoms with Gasteiger partial charge in [-0.2, -0.15) is 0 Å². The zero-order valence-corrected chi connectivity index (χ0v) is 62.4. The molecule has 5 unspecified atom stereocenters. The number of esters is 5. The third-order valence-electron chi connectivity index (χ3n) is 20.0. The van der Waals surface area contributed by atoms with E-state index in [-0.39, 0.29) is 135 Å². The maximum Gasteiger partial charge on any atom is 0.312 e. The van der Waals surface area contributed by atoms with Crippen LogP contribution in [0.2, 0.25) is 0 Å². The average molecular weight is 1480 g/mol. The van der Waals surface area contributed by atoms with Crippen molar-refractivity contribution in [1.82, 2.24) is 0 Å². The molecule has 2 aliphatic rings. The van der Waals surface area contributed by atoms with Crippen LogP contribution in [0.15, 0.2) is 152 Å². The molecule has 8 rings (SSSR count). The fourth-order valence-electron chi connectivity index (χ4n) is 10.5. The van der Waals surface area contributed by atoms with Gasteiger partial charge in [0, 0.05) is 11.8 Å². The summed E-state index contributed by atoms with van der Waals surface area (Å²) in [6.45, 7) is 37.2. The first-order valence-corrected chi connectivity index (χ1v) is 35.6. The number of methoxy groups -OCH3 is 1. The molecule has 0 heterocycles. The van der Waals surface area contributed by atoms with E-state index in [0.717, 1.165) is 65.7 Å². The number of carbonyl (C=O) groups is 5. The Bertz CT molecular complexity index is 3280. The maximum atomic E-state index is 12.5. The average Bonchev–Trinajstić information content (AvgIpc) is 1.17. The van der Waals surface area contributed by atoms with Gasteiger partial charge in [-0.05, 0) is 212 Å². The Labute approximate surface area is 652 Å². The molecule has 11 nitrogen and oxygen atoms in total. The Morgan fingerprint density at radius 2 is 0.594 bits per heavy atom. The molecular formula is C95H160O11. The molecule has 6 aromatic rings. The summed E-state index contributed by atoms with van der Waals surface area (Å²) in [6.07, 6.45) is 14.1. The van der Waals surface area contributed by atoms with Crippen molar-refractivity contribution in [2.45, 2.75) is 326 Å². The lowest BCUT2D eigenvalue weighted by Crippen LogP contribution is -2.30. The minimum atomic E-state index is -0.430. The van der Waals surface area contributed by atoms with Gasteiger partial charge in [-0.15, -0.1) is 0 Å². The third-order valence-corrected chi connectivity index (χ3v) is 20.0. The molecule has 0 spiro atoms. The van der Waals surface area contributed by atoms with Crippen molar-refractivity contribution < 1.29 is 52.4 Å². The number of rotatable bonds is 23. The Balaban J connectivity index is -0.000000226. The van der Waals surface area contributed by atoms with Crippen LogP contribution < -0.4 is 4.74 Å². The summed E-state index contributed by atoms with van der Waals surface area (Å²) in [4.78, 5) is 60.9. The fourth-order valence-corrected chi connectivity index (χ4v) is 10.5. The molecule has 0 radical (unpaired) electrons. The number of hydrogen-bond acceptors (Lipinski definition) is 11. The second-order valence-corrected chi connectivity index (χ2v) is 29.5. The molecule has 2 saturated carbocycles. The van der Waals surface area contributed by atoms with Crippen LogP contribution in [0.5, 0.6) is 5.75 Å². The van der Waals surface area contributed by atoms with Crippen molar-refractivity contribution in [3.63, 3.8) is 0 Å². The largest absolute Gasteiger partial charge is 0.497 e. The normalized spacial score (nSPS) is 13.8. The minimum Gasteiger partial charge on any atom is -0.497 e. The van der Waals surface area contributed by atoms with Crippen LogP contribution in [0.25, 0.3) is 10.8 Å². The van der Waals surface area contributed by atoms with E-state index in [4.69, 9.17) is 28.4 Å². The molecule has 0 N–H and O–H groups in total. The minimum absolute atomic E-state index is 0. The third kappa shape index (κ3) is 35.2. The van der Waals surface area contributed by atoms with Crippen LogP contribution in [-0.4, -0.2) is 37.0 Å². The van der Waals surface area contributed by atoms with E-state index in [9.17, 15) is 24.0 Å². The highest BCUT2D eigenvalue weighted by molar-refractivity contribution is 5.83. The predicted molar refractivity (Wildman–Crippen MR) is 458 cm³/mol. The molecule has 0 aromatic heterocycles. The van der Waals surface area contributed by atoms with Gasteiger partial charge in [-0.3, -0.25) is 24.0 Å². The van der Waals surface area contributed by atoms with Crippen molar-refractivity contribution in [3.05, 3.63) is 185 Å². The predicted octanol–water partition coefficient (Wildman–Crippen LogP) is 29.2. The van der Waals surface area contributed by atoms with Crippen molar-refractivity contribution in [2.24, 2.45) is 38.9 Å². The van der Waals surface area contributed by atoms with E-state index in [1.54, 1.807) is 7.11 Å². The molecule has 11 heteroatoms. The van der Waals surface area contributed by atoms with Crippen molar-refractivity contribution in [3.8, 4) is 5.75 Å². The molecule has 0 bridgehead atoms. The van der Waals surface area contributed by atoms with Crippen LogP contribution in [0, 0.1) is 45.8 Å². The SMILES string of the molecule is C.C.C.C.C.C.C.C.C.C.CCC(C)(C)C(=O)OC(C)c1ccc(C)cc1.CCC(C)(C)C(=O)OC(C)c1ccc(OC)cc1.CCC(C)(C)C(=O)OC(C)c1ccc2ccccc2c1.CCC(C)(C)C(=O)OC(c1ccccc1)C1CCCC1.CCC(C)(C)C(=O)OC(c1ccccc1)C1CCCCC1. The summed E-state index contributed by atoms with van der Waals surface area (Å²) in [5.41, 5.74) is 4.47. The van der Waals surface area contributed by atoms with E-state index in [2.05, 4.69) is 48.5 Å². The van der Waals surface area contributed by atoms with E-state index in [1.165, 1.54) is 74.1 Å². The molecule has 0 amide bonds. The van der Waals surface area contributed by atoms with Gasteiger partial charge in [0.05, 0.1) is 34.2 Å². The Kier molecular flexibility index (Phi) is 56.6. The van der Waals surface area contributed by atoms with Crippen molar-refractivity contribution in [1.29, 1.82) is 0 Å². The number of aryl methyl sites for hydroxylation is 1. The second kappa shape index (κ2) is 53.5. The van der Waals surface area contributed by atoms with E-state index < -0.39 is 27.1 Å². The standard InChI is InChI=1S/C19H28O2.C18H22O2.C18H26O2.C15H22O3.C15H22O2.10CH4/c1-4-19(2,3)18(20)21-17(15-11-7-5-8-12-15)16-13-9-6-10-14-16;1-5-18(3,4)17(19)20-13(2)15-11-10-14-8-6-7-9-16(14)12-15;1-4-18(2,3)17(19)20-16(15-12-8-9-13-15)14-10-6-5-7-11-14;1-6-15(3,4)14(16)18-11(2)12-7-9-13(17-5)10-8-12;1-6-15(4,5)14(16)17-12(3)13-9-7-11(2)8-10-13;;;;;;;;;;/h5,7-8,11-12,16-17H,4,6,9-10,13-14H2,1-3H3;6-13H,5H2,1-4H3;5-7,10-11,15-16H,4,8-9,12-13H2,1-3H3;7-11H,6H2,1-5H3;7-10,12H,6H2,1-5H3;10*1H4. The van der Waals surface area contributed by atoms with Gasteiger partial charge < -0.3 is 28.4 Å². The zero-order valence-electron chi connectivity index (χ0n) is 62.4. The number of benzene rings is 6. The lowest BCUT2D eigenvalue weighted by molar-refractivity contribution is -0.164. The number of ether oxygens (including phenoxy) is 6. The first-order chi connectivity index (χ1) is 45.3.